The second kappa shape index (κ2) is 8.19. The number of amides is 1. The minimum absolute atomic E-state index is 0.109. The molecule has 0 aromatic carbocycles. The van der Waals surface area contributed by atoms with Gasteiger partial charge >= 0.3 is 0 Å². The predicted octanol–water partition coefficient (Wildman–Crippen LogP) is 1.18. The maximum absolute atomic E-state index is 12.2. The van der Waals surface area contributed by atoms with Crippen LogP contribution in [0.1, 0.15) is 34.8 Å². The molecule has 1 aliphatic heterocycles. The summed E-state index contributed by atoms with van der Waals surface area (Å²) in [6, 6.07) is 1.73. The largest absolute Gasteiger partial charge is 0.383 e. The van der Waals surface area contributed by atoms with Gasteiger partial charge in [-0.3, -0.25) is 4.79 Å². The molecule has 0 saturated carbocycles. The van der Waals surface area contributed by atoms with Gasteiger partial charge in [0.25, 0.3) is 5.91 Å². The number of nitrogens with zero attached hydrogens (tertiary/aromatic N) is 3. The van der Waals surface area contributed by atoms with E-state index in [1.807, 2.05) is 6.92 Å². The number of aryl methyl sites for hydroxylation is 2. The number of aromatic nitrogens is 2. The van der Waals surface area contributed by atoms with E-state index in [2.05, 4.69) is 20.2 Å². The van der Waals surface area contributed by atoms with E-state index in [-0.39, 0.29) is 5.91 Å². The average molecular weight is 306 g/mol. The van der Waals surface area contributed by atoms with Gasteiger partial charge in [-0.1, -0.05) is 0 Å². The summed E-state index contributed by atoms with van der Waals surface area (Å²) in [5.41, 5.74) is 1.28. The molecule has 2 heterocycles. The van der Waals surface area contributed by atoms with Crippen LogP contribution in [-0.2, 0) is 4.74 Å². The van der Waals surface area contributed by atoms with Gasteiger partial charge in [0.2, 0.25) is 0 Å². The Morgan fingerprint density at radius 2 is 2.27 bits per heavy atom. The summed E-state index contributed by atoms with van der Waals surface area (Å²) in [5.74, 6) is 1.02. The van der Waals surface area contributed by atoms with Crippen molar-refractivity contribution in [3.8, 4) is 0 Å². The molecule has 1 fully saturated rings. The first-order valence-corrected chi connectivity index (χ1v) is 7.90. The van der Waals surface area contributed by atoms with Crippen LogP contribution in [0.15, 0.2) is 6.07 Å². The van der Waals surface area contributed by atoms with Gasteiger partial charge in [-0.2, -0.15) is 0 Å². The van der Waals surface area contributed by atoms with E-state index in [9.17, 15) is 4.79 Å². The van der Waals surface area contributed by atoms with Gasteiger partial charge in [-0.05, 0) is 45.2 Å². The molecule has 2 rings (SSSR count). The molecule has 0 bridgehead atoms. The molecule has 1 aliphatic rings. The Kier molecular flexibility index (Phi) is 6.27. The first-order chi connectivity index (χ1) is 10.6. The summed E-state index contributed by atoms with van der Waals surface area (Å²) in [6.45, 7) is 8.25. The fraction of sp³-hybridized carbons (Fsp3) is 0.688. The van der Waals surface area contributed by atoms with Crippen LogP contribution in [0.5, 0.6) is 0 Å². The number of methoxy groups -OCH3 is 1. The molecule has 0 spiro atoms. The lowest BCUT2D eigenvalue weighted by Crippen LogP contribution is -2.42. The number of hydrogen-bond donors (Lipinski definition) is 1. The van der Waals surface area contributed by atoms with Crippen molar-refractivity contribution >= 4 is 5.91 Å². The third kappa shape index (κ3) is 5.03. The Bertz CT molecular complexity index is 487. The van der Waals surface area contributed by atoms with Crippen LogP contribution in [0, 0.1) is 19.8 Å². The fourth-order valence-electron chi connectivity index (χ4n) is 2.90. The Morgan fingerprint density at radius 1 is 1.45 bits per heavy atom. The summed E-state index contributed by atoms with van der Waals surface area (Å²) in [6.07, 6.45) is 2.33. The molecule has 122 valence electrons. The summed E-state index contributed by atoms with van der Waals surface area (Å²) in [4.78, 5) is 23.0. The van der Waals surface area contributed by atoms with Crippen molar-refractivity contribution < 1.29 is 9.53 Å². The number of nitrogens with one attached hydrogen (secondary N) is 1. The van der Waals surface area contributed by atoms with Crippen LogP contribution in [-0.4, -0.2) is 60.7 Å². The minimum atomic E-state index is -0.109. The molecule has 0 aliphatic carbocycles. The number of hydrogen-bond acceptors (Lipinski definition) is 5. The van der Waals surface area contributed by atoms with Gasteiger partial charge < -0.3 is 15.0 Å². The van der Waals surface area contributed by atoms with E-state index in [0.717, 1.165) is 38.4 Å². The molecule has 0 unspecified atom stereocenters. The molecule has 1 saturated heterocycles. The summed E-state index contributed by atoms with van der Waals surface area (Å²) < 4.78 is 5.13. The molecular formula is C16H26N4O2. The molecule has 1 amide bonds. The van der Waals surface area contributed by atoms with Crippen molar-refractivity contribution in [3.63, 3.8) is 0 Å². The SMILES string of the molecule is COCCN1CCC[C@@H](CNC(=O)c2cc(C)nc(C)n2)C1. The molecule has 6 heteroatoms. The van der Waals surface area contributed by atoms with Crippen LogP contribution in [0.3, 0.4) is 0 Å². The number of ether oxygens (including phenoxy) is 1. The third-order valence-corrected chi connectivity index (χ3v) is 3.96. The number of piperidine rings is 1. The van der Waals surface area contributed by atoms with E-state index >= 15 is 0 Å². The molecule has 22 heavy (non-hydrogen) atoms. The van der Waals surface area contributed by atoms with Gasteiger partial charge in [0.15, 0.2) is 0 Å². The summed E-state index contributed by atoms with van der Waals surface area (Å²) >= 11 is 0. The number of carbonyl (C=O) groups excluding carboxylic acids is 1. The molecular weight excluding hydrogens is 280 g/mol. The highest BCUT2D eigenvalue weighted by atomic mass is 16.5. The monoisotopic (exact) mass is 306 g/mol. The highest BCUT2D eigenvalue weighted by Crippen LogP contribution is 2.15. The third-order valence-electron chi connectivity index (χ3n) is 3.96. The first kappa shape index (κ1) is 16.8. The topological polar surface area (TPSA) is 67.3 Å². The Morgan fingerprint density at radius 3 is 3.00 bits per heavy atom. The van der Waals surface area contributed by atoms with Crippen molar-refractivity contribution in [2.45, 2.75) is 26.7 Å². The maximum Gasteiger partial charge on any atom is 0.270 e. The van der Waals surface area contributed by atoms with Crippen LogP contribution >= 0.6 is 0 Å². The lowest BCUT2D eigenvalue weighted by atomic mass is 9.98. The van der Waals surface area contributed by atoms with E-state index < -0.39 is 0 Å². The molecule has 1 aromatic heterocycles. The molecule has 1 N–H and O–H groups in total. The minimum Gasteiger partial charge on any atom is -0.383 e. The van der Waals surface area contributed by atoms with E-state index in [1.165, 1.54) is 6.42 Å². The van der Waals surface area contributed by atoms with Gasteiger partial charge in [-0.15, -0.1) is 0 Å². The maximum atomic E-state index is 12.2. The van der Waals surface area contributed by atoms with Gasteiger partial charge in [0.1, 0.15) is 11.5 Å². The van der Waals surface area contributed by atoms with E-state index in [0.29, 0.717) is 24.0 Å². The Hall–Kier alpha value is -1.53. The zero-order chi connectivity index (χ0) is 15.9. The number of rotatable bonds is 6. The van der Waals surface area contributed by atoms with Gasteiger partial charge in [0, 0.05) is 32.4 Å². The normalized spacial score (nSPS) is 19.1. The first-order valence-electron chi connectivity index (χ1n) is 7.90. The smallest absolute Gasteiger partial charge is 0.270 e. The van der Waals surface area contributed by atoms with Gasteiger partial charge in [-0.25, -0.2) is 9.97 Å². The average Bonchev–Trinajstić information content (AvgIpc) is 2.50. The second-order valence-electron chi connectivity index (χ2n) is 5.95. The Labute approximate surface area is 132 Å². The van der Waals surface area contributed by atoms with Crippen LogP contribution < -0.4 is 5.32 Å². The van der Waals surface area contributed by atoms with Crippen LogP contribution in [0.25, 0.3) is 0 Å². The van der Waals surface area contributed by atoms with Crippen LogP contribution in [0.2, 0.25) is 0 Å². The van der Waals surface area contributed by atoms with Crippen LogP contribution in [0.4, 0.5) is 0 Å². The quantitative estimate of drug-likeness (QED) is 0.855. The van der Waals surface area contributed by atoms with Crippen molar-refractivity contribution in [1.29, 1.82) is 0 Å². The molecule has 6 nitrogen and oxygen atoms in total. The molecule has 1 atom stereocenters. The lowest BCUT2D eigenvalue weighted by molar-refractivity contribution is 0.0908. The standard InChI is InChI=1S/C16H26N4O2/c1-12-9-15(19-13(2)18-12)16(21)17-10-14-5-4-6-20(11-14)7-8-22-3/h9,14H,4-8,10-11H2,1-3H3,(H,17,21)/t14-/m0/s1. The zero-order valence-corrected chi connectivity index (χ0v) is 13.8. The molecule has 0 radical (unpaired) electrons. The summed E-state index contributed by atoms with van der Waals surface area (Å²) in [7, 11) is 1.73. The summed E-state index contributed by atoms with van der Waals surface area (Å²) in [5, 5.41) is 3.01. The van der Waals surface area contributed by atoms with E-state index in [4.69, 9.17) is 4.74 Å². The number of likely N-dealkylation sites (tertiary alicyclic amines) is 1. The van der Waals surface area contributed by atoms with E-state index in [1.54, 1.807) is 20.1 Å². The van der Waals surface area contributed by atoms with Crippen molar-refractivity contribution in [2.75, 3.05) is 39.9 Å². The molecule has 1 aromatic rings. The number of carbonyl (C=O) groups is 1. The van der Waals surface area contributed by atoms with Crippen molar-refractivity contribution in [3.05, 3.63) is 23.3 Å². The second-order valence-corrected chi connectivity index (χ2v) is 5.95. The zero-order valence-electron chi connectivity index (χ0n) is 13.8. The highest BCUT2D eigenvalue weighted by Gasteiger charge is 2.20. The highest BCUT2D eigenvalue weighted by molar-refractivity contribution is 5.92. The Balaban J connectivity index is 1.82. The fourth-order valence-corrected chi connectivity index (χ4v) is 2.90. The predicted molar refractivity (Wildman–Crippen MR) is 84.9 cm³/mol. The lowest BCUT2D eigenvalue weighted by Gasteiger charge is -2.32. The van der Waals surface area contributed by atoms with Crippen molar-refractivity contribution in [1.82, 2.24) is 20.2 Å². The van der Waals surface area contributed by atoms with Gasteiger partial charge in [0.05, 0.1) is 6.61 Å². The van der Waals surface area contributed by atoms with Crippen molar-refractivity contribution in [2.24, 2.45) is 5.92 Å².